The highest BCUT2D eigenvalue weighted by Crippen LogP contribution is 2.28. The van der Waals surface area contributed by atoms with E-state index in [1.54, 1.807) is 31.5 Å². The van der Waals surface area contributed by atoms with E-state index in [2.05, 4.69) is 4.99 Å². The second-order valence-corrected chi connectivity index (χ2v) is 3.70. The van der Waals surface area contributed by atoms with Gasteiger partial charge < -0.3 is 14.6 Å². The van der Waals surface area contributed by atoms with E-state index < -0.39 is 0 Å². The Morgan fingerprint density at radius 3 is 2.82 bits per heavy atom. The number of nitrogens with zero attached hydrogens (tertiary/aromatic N) is 1. The van der Waals surface area contributed by atoms with Crippen LogP contribution in [0.3, 0.4) is 0 Å². The Kier molecular flexibility index (Phi) is 3.14. The predicted molar refractivity (Wildman–Crippen MR) is 64.5 cm³/mol. The molecule has 0 fully saturated rings. The average Bonchev–Trinajstić information content (AvgIpc) is 2.82. The first-order valence-corrected chi connectivity index (χ1v) is 5.22. The number of phenolic OH excluding ortho intramolecular Hbond substituents is 2. The number of phenols is 2. The SMILES string of the molecule is Cc1c(O)ccc(C=NCc2ccco2)c1O. The van der Waals surface area contributed by atoms with Crippen molar-refractivity contribution in [3.8, 4) is 11.5 Å². The zero-order chi connectivity index (χ0) is 12.3. The van der Waals surface area contributed by atoms with Crippen LogP contribution in [0.5, 0.6) is 11.5 Å². The van der Waals surface area contributed by atoms with Gasteiger partial charge in [-0.25, -0.2) is 0 Å². The topological polar surface area (TPSA) is 66.0 Å². The van der Waals surface area contributed by atoms with Crippen LogP contribution >= 0.6 is 0 Å². The van der Waals surface area contributed by atoms with Crippen LogP contribution in [0.25, 0.3) is 0 Å². The predicted octanol–water partition coefficient (Wildman–Crippen LogP) is 2.62. The fourth-order valence-electron chi connectivity index (χ4n) is 1.45. The van der Waals surface area contributed by atoms with Crippen LogP contribution < -0.4 is 0 Å². The number of benzene rings is 1. The molecular weight excluding hydrogens is 218 g/mol. The van der Waals surface area contributed by atoms with Crippen molar-refractivity contribution >= 4 is 6.21 Å². The molecule has 2 N–H and O–H groups in total. The maximum absolute atomic E-state index is 9.76. The lowest BCUT2D eigenvalue weighted by Gasteiger charge is -2.04. The standard InChI is InChI=1S/C13H13NO3/c1-9-12(15)5-4-10(13(9)16)7-14-8-11-3-2-6-17-11/h2-7,15-16H,8H2,1H3. The smallest absolute Gasteiger partial charge is 0.130 e. The van der Waals surface area contributed by atoms with Crippen molar-refractivity contribution in [1.82, 2.24) is 0 Å². The van der Waals surface area contributed by atoms with Gasteiger partial charge in [0, 0.05) is 17.3 Å². The van der Waals surface area contributed by atoms with E-state index in [0.717, 1.165) is 5.76 Å². The number of hydrogen-bond acceptors (Lipinski definition) is 4. The first kappa shape index (κ1) is 11.3. The fraction of sp³-hybridized carbons (Fsp3) is 0.154. The first-order valence-electron chi connectivity index (χ1n) is 5.22. The summed E-state index contributed by atoms with van der Waals surface area (Å²) in [5, 5.41) is 19.1. The van der Waals surface area contributed by atoms with Gasteiger partial charge in [0.1, 0.15) is 17.3 Å². The van der Waals surface area contributed by atoms with Gasteiger partial charge in [0.15, 0.2) is 0 Å². The molecule has 0 saturated heterocycles. The third-order valence-corrected chi connectivity index (χ3v) is 2.49. The molecule has 0 spiro atoms. The van der Waals surface area contributed by atoms with Gasteiger partial charge in [0.05, 0.1) is 12.8 Å². The monoisotopic (exact) mass is 231 g/mol. The minimum Gasteiger partial charge on any atom is -0.508 e. The van der Waals surface area contributed by atoms with Crippen molar-refractivity contribution in [2.45, 2.75) is 13.5 Å². The summed E-state index contributed by atoms with van der Waals surface area (Å²) in [5.41, 5.74) is 1.03. The van der Waals surface area contributed by atoms with E-state index in [1.807, 2.05) is 6.07 Å². The molecule has 4 heteroatoms. The molecule has 0 saturated carbocycles. The van der Waals surface area contributed by atoms with Gasteiger partial charge in [-0.2, -0.15) is 0 Å². The molecule has 0 unspecified atom stereocenters. The van der Waals surface area contributed by atoms with Crippen LogP contribution in [0.1, 0.15) is 16.9 Å². The molecule has 0 aliphatic carbocycles. The van der Waals surface area contributed by atoms with Gasteiger partial charge in [-0.15, -0.1) is 0 Å². The third kappa shape index (κ3) is 2.47. The zero-order valence-corrected chi connectivity index (χ0v) is 9.42. The van der Waals surface area contributed by atoms with Crippen LogP contribution in [0.4, 0.5) is 0 Å². The summed E-state index contributed by atoms with van der Waals surface area (Å²) in [6.07, 6.45) is 3.15. The van der Waals surface area contributed by atoms with Crippen LogP contribution in [-0.2, 0) is 6.54 Å². The molecule has 0 aliphatic rings. The lowest BCUT2D eigenvalue weighted by molar-refractivity contribution is 0.442. The van der Waals surface area contributed by atoms with Gasteiger partial charge in [-0.1, -0.05) is 0 Å². The summed E-state index contributed by atoms with van der Waals surface area (Å²) in [6, 6.07) is 6.78. The van der Waals surface area contributed by atoms with Gasteiger partial charge in [-0.3, -0.25) is 4.99 Å². The van der Waals surface area contributed by atoms with Crippen molar-refractivity contribution in [2.75, 3.05) is 0 Å². The molecule has 0 radical (unpaired) electrons. The highest BCUT2D eigenvalue weighted by atomic mass is 16.3. The molecular formula is C13H13NO3. The van der Waals surface area contributed by atoms with Crippen molar-refractivity contribution in [3.63, 3.8) is 0 Å². The van der Waals surface area contributed by atoms with E-state index in [-0.39, 0.29) is 11.5 Å². The van der Waals surface area contributed by atoms with E-state index in [4.69, 9.17) is 4.42 Å². The fourth-order valence-corrected chi connectivity index (χ4v) is 1.45. The maximum Gasteiger partial charge on any atom is 0.130 e. The molecule has 2 aromatic rings. The van der Waals surface area contributed by atoms with Crippen LogP contribution in [0.15, 0.2) is 39.9 Å². The molecule has 17 heavy (non-hydrogen) atoms. The van der Waals surface area contributed by atoms with Crippen molar-refractivity contribution < 1.29 is 14.6 Å². The van der Waals surface area contributed by atoms with Crippen molar-refractivity contribution in [1.29, 1.82) is 0 Å². The van der Waals surface area contributed by atoms with Gasteiger partial charge in [0.2, 0.25) is 0 Å². The molecule has 88 valence electrons. The molecule has 1 heterocycles. The Balaban J connectivity index is 2.14. The van der Waals surface area contributed by atoms with Crippen molar-refractivity contribution in [2.24, 2.45) is 4.99 Å². The summed E-state index contributed by atoms with van der Waals surface area (Å²) in [7, 11) is 0. The second kappa shape index (κ2) is 4.74. The largest absolute Gasteiger partial charge is 0.508 e. The lowest BCUT2D eigenvalue weighted by Crippen LogP contribution is -1.87. The quantitative estimate of drug-likeness (QED) is 0.798. The van der Waals surface area contributed by atoms with Crippen LogP contribution in [0, 0.1) is 6.92 Å². The maximum atomic E-state index is 9.76. The molecule has 0 bridgehead atoms. The lowest BCUT2D eigenvalue weighted by atomic mass is 10.1. The Morgan fingerprint density at radius 2 is 2.12 bits per heavy atom. The first-order chi connectivity index (χ1) is 8.18. The molecule has 1 aromatic heterocycles. The molecule has 0 aliphatic heterocycles. The minimum absolute atomic E-state index is 0.0493. The number of hydrogen-bond donors (Lipinski definition) is 2. The van der Waals surface area contributed by atoms with E-state index in [1.165, 1.54) is 6.07 Å². The van der Waals surface area contributed by atoms with E-state index in [9.17, 15) is 10.2 Å². The number of aliphatic imine (C=N–C) groups is 1. The van der Waals surface area contributed by atoms with E-state index in [0.29, 0.717) is 17.7 Å². The van der Waals surface area contributed by atoms with Gasteiger partial charge in [0.25, 0.3) is 0 Å². The molecule has 0 atom stereocenters. The Morgan fingerprint density at radius 1 is 1.29 bits per heavy atom. The molecule has 4 nitrogen and oxygen atoms in total. The normalized spacial score (nSPS) is 11.1. The number of rotatable bonds is 3. The zero-order valence-electron chi connectivity index (χ0n) is 9.42. The van der Waals surface area contributed by atoms with Crippen molar-refractivity contribution in [3.05, 3.63) is 47.4 Å². The van der Waals surface area contributed by atoms with Crippen LogP contribution in [0.2, 0.25) is 0 Å². The molecule has 2 rings (SSSR count). The summed E-state index contributed by atoms with van der Waals surface area (Å²) in [4.78, 5) is 4.16. The summed E-state index contributed by atoms with van der Waals surface area (Å²) < 4.78 is 5.13. The highest BCUT2D eigenvalue weighted by molar-refractivity contribution is 5.84. The minimum atomic E-state index is 0.0493. The van der Waals surface area contributed by atoms with Gasteiger partial charge >= 0.3 is 0 Å². The molecule has 1 aromatic carbocycles. The highest BCUT2D eigenvalue weighted by Gasteiger charge is 2.05. The number of furan rings is 1. The van der Waals surface area contributed by atoms with E-state index >= 15 is 0 Å². The number of aromatic hydroxyl groups is 2. The Hall–Kier alpha value is -2.23. The Labute approximate surface area is 98.9 Å². The summed E-state index contributed by atoms with van der Waals surface area (Å²) >= 11 is 0. The third-order valence-electron chi connectivity index (χ3n) is 2.49. The van der Waals surface area contributed by atoms with Crippen LogP contribution in [-0.4, -0.2) is 16.4 Å². The average molecular weight is 231 g/mol. The molecule has 0 amide bonds. The van der Waals surface area contributed by atoms with Gasteiger partial charge in [-0.05, 0) is 31.2 Å². The summed E-state index contributed by atoms with van der Waals surface area (Å²) in [6.45, 7) is 2.07. The Bertz CT molecular complexity index is 530. The summed E-state index contributed by atoms with van der Waals surface area (Å²) in [5.74, 6) is 0.884. The second-order valence-electron chi connectivity index (χ2n) is 3.70.